The standard InChI is InChI=1S/C15H22N2O3/c1-2-17(9-10-18)15(19)16-13-5-3-4-6-14(13)20-11-12-7-8-12/h3-6,12,18H,2,7-11H2,1H3,(H,16,19). The molecule has 1 aromatic rings. The predicted octanol–water partition coefficient (Wildman–Crippen LogP) is 2.32. The van der Waals surface area contributed by atoms with Gasteiger partial charge in [-0.1, -0.05) is 12.1 Å². The fraction of sp³-hybridized carbons (Fsp3) is 0.533. The first-order valence-corrected chi connectivity index (χ1v) is 7.13. The molecule has 2 rings (SSSR count). The Hall–Kier alpha value is -1.75. The van der Waals surface area contributed by atoms with Gasteiger partial charge in [0.15, 0.2) is 0 Å². The molecule has 5 heteroatoms. The SMILES string of the molecule is CCN(CCO)C(=O)Nc1ccccc1OCC1CC1. The zero-order valence-corrected chi connectivity index (χ0v) is 11.8. The number of nitrogens with zero attached hydrogens (tertiary/aromatic N) is 1. The first-order chi connectivity index (χ1) is 9.74. The summed E-state index contributed by atoms with van der Waals surface area (Å²) in [5.41, 5.74) is 0.675. The number of anilines is 1. The summed E-state index contributed by atoms with van der Waals surface area (Å²) in [7, 11) is 0. The normalized spacial score (nSPS) is 13.9. The van der Waals surface area contributed by atoms with Gasteiger partial charge < -0.3 is 20.1 Å². The highest BCUT2D eigenvalue weighted by Crippen LogP contribution is 2.31. The van der Waals surface area contributed by atoms with Gasteiger partial charge in [0.25, 0.3) is 0 Å². The van der Waals surface area contributed by atoms with Gasteiger partial charge in [-0.05, 0) is 37.8 Å². The maximum absolute atomic E-state index is 12.1. The van der Waals surface area contributed by atoms with Crippen LogP contribution in [-0.4, -0.2) is 42.3 Å². The van der Waals surface area contributed by atoms with Crippen molar-refractivity contribution in [3.63, 3.8) is 0 Å². The minimum atomic E-state index is -0.218. The lowest BCUT2D eigenvalue weighted by Crippen LogP contribution is -2.36. The lowest BCUT2D eigenvalue weighted by molar-refractivity contribution is 0.191. The molecule has 0 aliphatic heterocycles. The fourth-order valence-corrected chi connectivity index (χ4v) is 1.91. The Bertz CT molecular complexity index is 446. The van der Waals surface area contributed by atoms with Crippen LogP contribution in [0.5, 0.6) is 5.75 Å². The predicted molar refractivity (Wildman–Crippen MR) is 78.0 cm³/mol. The third-order valence-corrected chi connectivity index (χ3v) is 3.34. The molecule has 0 radical (unpaired) electrons. The molecule has 0 spiro atoms. The highest BCUT2D eigenvalue weighted by atomic mass is 16.5. The first kappa shape index (κ1) is 14.7. The maximum atomic E-state index is 12.1. The smallest absolute Gasteiger partial charge is 0.322 e. The summed E-state index contributed by atoms with van der Waals surface area (Å²) in [6, 6.07) is 7.22. The van der Waals surface area contributed by atoms with Crippen molar-refractivity contribution in [2.75, 3.05) is 31.6 Å². The average molecular weight is 278 g/mol. The van der Waals surface area contributed by atoms with E-state index >= 15 is 0 Å². The number of hydrogen-bond acceptors (Lipinski definition) is 3. The first-order valence-electron chi connectivity index (χ1n) is 7.13. The molecule has 110 valence electrons. The maximum Gasteiger partial charge on any atom is 0.322 e. The van der Waals surface area contributed by atoms with Gasteiger partial charge in [0, 0.05) is 13.1 Å². The van der Waals surface area contributed by atoms with E-state index < -0.39 is 0 Å². The summed E-state index contributed by atoms with van der Waals surface area (Å²) in [6.45, 7) is 3.43. The van der Waals surface area contributed by atoms with E-state index in [1.54, 1.807) is 4.90 Å². The Labute approximate surface area is 119 Å². The van der Waals surface area contributed by atoms with Gasteiger partial charge in [0.05, 0.1) is 18.9 Å². The van der Waals surface area contributed by atoms with E-state index in [0.717, 1.165) is 0 Å². The molecule has 1 fully saturated rings. The highest BCUT2D eigenvalue weighted by Gasteiger charge is 2.22. The number of amides is 2. The van der Waals surface area contributed by atoms with Crippen molar-refractivity contribution in [2.45, 2.75) is 19.8 Å². The highest BCUT2D eigenvalue weighted by molar-refractivity contribution is 5.90. The number of rotatable bonds is 7. The summed E-state index contributed by atoms with van der Waals surface area (Å²) in [4.78, 5) is 13.6. The number of aliphatic hydroxyl groups is 1. The zero-order chi connectivity index (χ0) is 14.4. The summed E-state index contributed by atoms with van der Waals surface area (Å²) < 4.78 is 5.75. The summed E-state index contributed by atoms with van der Waals surface area (Å²) >= 11 is 0. The third-order valence-electron chi connectivity index (χ3n) is 3.34. The number of ether oxygens (including phenoxy) is 1. The van der Waals surface area contributed by atoms with Gasteiger partial charge in [0.2, 0.25) is 0 Å². The van der Waals surface area contributed by atoms with Gasteiger partial charge in [-0.2, -0.15) is 0 Å². The van der Waals surface area contributed by atoms with Crippen molar-refractivity contribution in [3.05, 3.63) is 24.3 Å². The van der Waals surface area contributed by atoms with Crippen LogP contribution in [0, 0.1) is 5.92 Å². The van der Waals surface area contributed by atoms with E-state index in [2.05, 4.69) is 5.32 Å². The number of hydrogen-bond donors (Lipinski definition) is 2. The molecule has 20 heavy (non-hydrogen) atoms. The van der Waals surface area contributed by atoms with Crippen LogP contribution >= 0.6 is 0 Å². The van der Waals surface area contributed by atoms with E-state index in [-0.39, 0.29) is 12.6 Å². The molecule has 1 aromatic carbocycles. The fourth-order valence-electron chi connectivity index (χ4n) is 1.91. The Kier molecular flexibility index (Phi) is 5.24. The number of urea groups is 1. The zero-order valence-electron chi connectivity index (χ0n) is 11.8. The van der Waals surface area contributed by atoms with E-state index in [4.69, 9.17) is 9.84 Å². The van der Waals surface area contributed by atoms with Crippen molar-refractivity contribution in [3.8, 4) is 5.75 Å². The van der Waals surface area contributed by atoms with Crippen LogP contribution in [0.25, 0.3) is 0 Å². The lowest BCUT2D eigenvalue weighted by Gasteiger charge is -2.21. The monoisotopic (exact) mass is 278 g/mol. The molecular formula is C15H22N2O3. The van der Waals surface area contributed by atoms with E-state index in [1.165, 1.54) is 12.8 Å². The van der Waals surface area contributed by atoms with E-state index in [0.29, 0.717) is 37.1 Å². The molecule has 1 aliphatic carbocycles. The van der Waals surface area contributed by atoms with Crippen molar-refractivity contribution in [1.29, 1.82) is 0 Å². The molecular weight excluding hydrogens is 256 g/mol. The molecule has 2 N–H and O–H groups in total. The average Bonchev–Trinajstić information content (AvgIpc) is 3.28. The molecule has 0 atom stereocenters. The van der Waals surface area contributed by atoms with E-state index in [9.17, 15) is 4.79 Å². The Morgan fingerprint density at radius 3 is 2.85 bits per heavy atom. The molecule has 0 saturated heterocycles. The van der Waals surface area contributed by atoms with Crippen molar-refractivity contribution in [2.24, 2.45) is 5.92 Å². The third kappa shape index (κ3) is 4.13. The number of carbonyl (C=O) groups excluding carboxylic acids is 1. The molecule has 5 nitrogen and oxygen atoms in total. The van der Waals surface area contributed by atoms with E-state index in [1.807, 2.05) is 31.2 Å². The minimum Gasteiger partial charge on any atom is -0.491 e. The van der Waals surface area contributed by atoms with Crippen molar-refractivity contribution in [1.82, 2.24) is 4.90 Å². The summed E-state index contributed by atoms with van der Waals surface area (Å²) in [5.74, 6) is 1.37. The van der Waals surface area contributed by atoms with Gasteiger partial charge in [-0.25, -0.2) is 4.79 Å². The van der Waals surface area contributed by atoms with Gasteiger partial charge in [-0.3, -0.25) is 0 Å². The largest absolute Gasteiger partial charge is 0.491 e. The number of nitrogens with one attached hydrogen (secondary N) is 1. The molecule has 0 bridgehead atoms. The lowest BCUT2D eigenvalue weighted by atomic mass is 10.3. The number of aliphatic hydroxyl groups excluding tert-OH is 1. The van der Waals surface area contributed by atoms with Gasteiger partial charge in [-0.15, -0.1) is 0 Å². The molecule has 2 amide bonds. The molecule has 0 heterocycles. The van der Waals surface area contributed by atoms with Crippen LogP contribution in [0.2, 0.25) is 0 Å². The molecule has 0 unspecified atom stereocenters. The van der Waals surface area contributed by atoms with Crippen LogP contribution in [0.4, 0.5) is 10.5 Å². The minimum absolute atomic E-state index is 0.0406. The van der Waals surface area contributed by atoms with Crippen LogP contribution in [0.15, 0.2) is 24.3 Å². The topological polar surface area (TPSA) is 61.8 Å². The van der Waals surface area contributed by atoms with Crippen LogP contribution in [0.3, 0.4) is 0 Å². The number of para-hydroxylation sites is 2. The Morgan fingerprint density at radius 1 is 1.45 bits per heavy atom. The second-order valence-electron chi connectivity index (χ2n) is 4.98. The summed E-state index contributed by atoms with van der Waals surface area (Å²) in [5, 5.41) is 11.8. The number of carbonyl (C=O) groups is 1. The Balaban J connectivity index is 1.97. The molecule has 1 aliphatic rings. The van der Waals surface area contributed by atoms with Crippen LogP contribution in [0.1, 0.15) is 19.8 Å². The van der Waals surface area contributed by atoms with Gasteiger partial charge in [0.1, 0.15) is 5.75 Å². The van der Waals surface area contributed by atoms with Crippen molar-refractivity contribution >= 4 is 11.7 Å². The number of benzene rings is 1. The Morgan fingerprint density at radius 2 is 2.20 bits per heavy atom. The molecule has 0 aromatic heterocycles. The summed E-state index contributed by atoms with van der Waals surface area (Å²) in [6.07, 6.45) is 2.46. The van der Waals surface area contributed by atoms with Crippen LogP contribution in [-0.2, 0) is 0 Å². The second-order valence-corrected chi connectivity index (χ2v) is 4.98. The van der Waals surface area contributed by atoms with Gasteiger partial charge >= 0.3 is 6.03 Å². The van der Waals surface area contributed by atoms with Crippen molar-refractivity contribution < 1.29 is 14.6 Å². The number of likely N-dealkylation sites (N-methyl/N-ethyl adjacent to an activating group) is 1. The second kappa shape index (κ2) is 7.14. The molecule has 1 saturated carbocycles. The quantitative estimate of drug-likeness (QED) is 0.804. The van der Waals surface area contributed by atoms with Crippen LogP contribution < -0.4 is 10.1 Å².